The van der Waals surface area contributed by atoms with E-state index in [0.717, 1.165) is 0 Å². The van der Waals surface area contributed by atoms with Crippen molar-refractivity contribution in [3.8, 4) is 0 Å². The molecule has 0 saturated carbocycles. The van der Waals surface area contributed by atoms with Crippen molar-refractivity contribution in [3.63, 3.8) is 0 Å². The third kappa shape index (κ3) is 3.63. The van der Waals surface area contributed by atoms with Crippen LogP contribution in [0, 0.1) is 0 Å². The summed E-state index contributed by atoms with van der Waals surface area (Å²) in [5.41, 5.74) is 0. The molecule has 2 atom stereocenters. The third-order valence-corrected chi connectivity index (χ3v) is 4.31. The van der Waals surface area contributed by atoms with Crippen molar-refractivity contribution < 1.29 is 19.1 Å². The van der Waals surface area contributed by atoms with Gasteiger partial charge in [0.25, 0.3) is 5.91 Å². The summed E-state index contributed by atoms with van der Waals surface area (Å²) in [6.07, 6.45) is 0. The molecule has 2 N–H and O–H groups in total. The van der Waals surface area contributed by atoms with Gasteiger partial charge in [-0.2, -0.15) is 0 Å². The van der Waals surface area contributed by atoms with Crippen LogP contribution >= 0.6 is 11.3 Å². The highest BCUT2D eigenvalue weighted by Crippen LogP contribution is 2.15. The van der Waals surface area contributed by atoms with Crippen LogP contribution in [0.4, 0.5) is 0 Å². The first kappa shape index (κ1) is 16.4. The highest BCUT2D eigenvalue weighted by molar-refractivity contribution is 7.12. The van der Waals surface area contributed by atoms with Gasteiger partial charge in [0, 0.05) is 19.6 Å². The lowest BCUT2D eigenvalue weighted by atomic mass is 10.1. The molecule has 7 nitrogen and oxygen atoms in total. The largest absolute Gasteiger partial charge is 0.467 e. The first-order valence-electron chi connectivity index (χ1n) is 6.98. The van der Waals surface area contributed by atoms with Crippen LogP contribution in [-0.2, 0) is 14.3 Å². The van der Waals surface area contributed by atoms with E-state index in [9.17, 15) is 14.4 Å². The van der Waals surface area contributed by atoms with Crippen molar-refractivity contribution in [2.45, 2.75) is 19.0 Å². The van der Waals surface area contributed by atoms with E-state index in [1.165, 1.54) is 18.4 Å². The van der Waals surface area contributed by atoms with Gasteiger partial charge in [-0.3, -0.25) is 9.59 Å². The Labute approximate surface area is 132 Å². The van der Waals surface area contributed by atoms with Gasteiger partial charge >= 0.3 is 5.97 Å². The predicted octanol–water partition coefficient (Wildman–Crippen LogP) is -0.160. The number of methoxy groups -OCH3 is 1. The second-order valence-corrected chi connectivity index (χ2v) is 5.90. The maximum absolute atomic E-state index is 12.5. The monoisotopic (exact) mass is 325 g/mol. The Morgan fingerprint density at radius 1 is 1.50 bits per heavy atom. The van der Waals surface area contributed by atoms with E-state index in [-0.39, 0.29) is 11.8 Å². The molecule has 0 aliphatic carbocycles. The molecule has 0 spiro atoms. The van der Waals surface area contributed by atoms with Gasteiger partial charge in [-0.1, -0.05) is 6.07 Å². The fourth-order valence-corrected chi connectivity index (χ4v) is 2.95. The van der Waals surface area contributed by atoms with E-state index in [4.69, 9.17) is 0 Å². The van der Waals surface area contributed by atoms with Crippen LogP contribution in [0.1, 0.15) is 16.6 Å². The second-order valence-electron chi connectivity index (χ2n) is 4.95. The average molecular weight is 325 g/mol. The van der Waals surface area contributed by atoms with Crippen LogP contribution in [-0.4, -0.2) is 61.5 Å². The van der Waals surface area contributed by atoms with Crippen molar-refractivity contribution in [2.75, 3.05) is 26.7 Å². The number of ether oxygens (including phenoxy) is 1. The quantitative estimate of drug-likeness (QED) is 0.751. The van der Waals surface area contributed by atoms with E-state index < -0.39 is 18.1 Å². The Bertz CT molecular complexity index is 546. The molecular weight excluding hydrogens is 306 g/mol. The minimum Gasteiger partial charge on any atom is -0.467 e. The molecule has 2 heterocycles. The van der Waals surface area contributed by atoms with Crippen molar-refractivity contribution in [1.82, 2.24) is 15.5 Å². The Morgan fingerprint density at radius 2 is 2.27 bits per heavy atom. The molecule has 1 aliphatic heterocycles. The van der Waals surface area contributed by atoms with E-state index in [2.05, 4.69) is 15.4 Å². The van der Waals surface area contributed by atoms with E-state index in [1.54, 1.807) is 24.0 Å². The van der Waals surface area contributed by atoms with Crippen LogP contribution in [0.5, 0.6) is 0 Å². The average Bonchev–Trinajstić information content (AvgIpc) is 3.07. The molecule has 1 aliphatic rings. The molecule has 0 radical (unpaired) electrons. The lowest BCUT2D eigenvalue weighted by Crippen LogP contribution is -2.60. The molecule has 2 amide bonds. The molecule has 0 bridgehead atoms. The summed E-state index contributed by atoms with van der Waals surface area (Å²) in [6, 6.07) is 2.14. The summed E-state index contributed by atoms with van der Waals surface area (Å²) in [5.74, 6) is -1.05. The molecule has 0 aromatic carbocycles. The summed E-state index contributed by atoms with van der Waals surface area (Å²) >= 11 is 1.34. The molecule has 8 heteroatoms. The molecule has 22 heavy (non-hydrogen) atoms. The number of nitrogens with one attached hydrogen (secondary N) is 2. The standard InChI is InChI=1S/C14H19N3O4S/c1-9(14(20)21-2)16-12(18)10-8-15-5-6-17(10)13(19)11-4-3-7-22-11/h3-4,7,9-10,15H,5-6,8H2,1-2H3,(H,16,18)/t9-,10+/m1/s1. The lowest BCUT2D eigenvalue weighted by Gasteiger charge is -2.35. The fourth-order valence-electron chi connectivity index (χ4n) is 2.27. The number of carbonyl (C=O) groups is 3. The number of rotatable bonds is 4. The Hall–Kier alpha value is -1.93. The van der Waals surface area contributed by atoms with Crippen LogP contribution < -0.4 is 10.6 Å². The van der Waals surface area contributed by atoms with Gasteiger partial charge < -0.3 is 20.3 Å². The summed E-state index contributed by atoms with van der Waals surface area (Å²) in [4.78, 5) is 38.4. The minimum absolute atomic E-state index is 0.164. The number of carbonyl (C=O) groups excluding carboxylic acids is 3. The number of amides is 2. The highest BCUT2D eigenvalue weighted by Gasteiger charge is 2.34. The fraction of sp³-hybridized carbons (Fsp3) is 0.500. The Balaban J connectivity index is 2.07. The Morgan fingerprint density at radius 3 is 2.91 bits per heavy atom. The van der Waals surface area contributed by atoms with Crippen molar-refractivity contribution in [2.24, 2.45) is 0 Å². The Kier molecular flexibility index (Phi) is 5.51. The molecule has 1 aromatic rings. The first-order valence-corrected chi connectivity index (χ1v) is 7.86. The number of hydrogen-bond donors (Lipinski definition) is 2. The highest BCUT2D eigenvalue weighted by atomic mass is 32.1. The van der Waals surface area contributed by atoms with Crippen molar-refractivity contribution in [3.05, 3.63) is 22.4 Å². The number of thiophene rings is 1. The number of nitrogens with zero attached hydrogens (tertiary/aromatic N) is 1. The molecular formula is C14H19N3O4S. The number of esters is 1. The van der Waals surface area contributed by atoms with Crippen molar-refractivity contribution in [1.29, 1.82) is 0 Å². The van der Waals surface area contributed by atoms with Gasteiger partial charge in [0.2, 0.25) is 5.91 Å². The van der Waals surface area contributed by atoms with Crippen molar-refractivity contribution >= 4 is 29.1 Å². The number of hydrogen-bond acceptors (Lipinski definition) is 6. The van der Waals surface area contributed by atoms with Gasteiger partial charge in [-0.25, -0.2) is 4.79 Å². The zero-order valence-electron chi connectivity index (χ0n) is 12.5. The summed E-state index contributed by atoms with van der Waals surface area (Å²) < 4.78 is 4.59. The van der Waals surface area contributed by atoms with Crippen LogP contribution in [0.3, 0.4) is 0 Å². The third-order valence-electron chi connectivity index (χ3n) is 3.45. The van der Waals surface area contributed by atoms with E-state index in [0.29, 0.717) is 24.5 Å². The lowest BCUT2D eigenvalue weighted by molar-refractivity contribution is -0.145. The van der Waals surface area contributed by atoms with Gasteiger partial charge in [0.15, 0.2) is 0 Å². The predicted molar refractivity (Wildman–Crippen MR) is 81.6 cm³/mol. The SMILES string of the molecule is COC(=O)[C@@H](C)NC(=O)[C@@H]1CNCCN1C(=O)c1cccs1. The molecule has 1 saturated heterocycles. The molecule has 1 fully saturated rings. The molecule has 0 unspecified atom stereocenters. The second kappa shape index (κ2) is 7.37. The van der Waals surface area contributed by atoms with Gasteiger partial charge in [-0.05, 0) is 18.4 Å². The van der Waals surface area contributed by atoms with Gasteiger partial charge in [0.05, 0.1) is 12.0 Å². The van der Waals surface area contributed by atoms with E-state index in [1.807, 2.05) is 5.38 Å². The van der Waals surface area contributed by atoms with E-state index >= 15 is 0 Å². The van der Waals surface area contributed by atoms with Crippen LogP contribution in [0.2, 0.25) is 0 Å². The minimum atomic E-state index is -0.752. The van der Waals surface area contributed by atoms with Gasteiger partial charge in [-0.15, -0.1) is 11.3 Å². The van der Waals surface area contributed by atoms with Gasteiger partial charge in [0.1, 0.15) is 12.1 Å². The molecule has 120 valence electrons. The molecule has 2 rings (SSSR count). The van der Waals surface area contributed by atoms with Crippen LogP contribution in [0.15, 0.2) is 17.5 Å². The topological polar surface area (TPSA) is 87.7 Å². The number of piperazine rings is 1. The maximum atomic E-state index is 12.5. The normalized spacial score (nSPS) is 19.4. The molecule has 1 aromatic heterocycles. The first-order chi connectivity index (χ1) is 10.5. The summed E-state index contributed by atoms with van der Waals surface area (Å²) in [6.45, 7) is 2.98. The summed E-state index contributed by atoms with van der Waals surface area (Å²) in [7, 11) is 1.26. The maximum Gasteiger partial charge on any atom is 0.328 e. The van der Waals surface area contributed by atoms with Crippen LogP contribution in [0.25, 0.3) is 0 Å². The smallest absolute Gasteiger partial charge is 0.328 e. The zero-order chi connectivity index (χ0) is 16.1. The summed E-state index contributed by atoms with van der Waals surface area (Å²) in [5, 5.41) is 7.50. The zero-order valence-corrected chi connectivity index (χ0v) is 13.3.